The van der Waals surface area contributed by atoms with E-state index in [1.807, 2.05) is 0 Å². The number of carbonyl (C=O) groups is 9. The van der Waals surface area contributed by atoms with Crippen LogP contribution in [0, 0.1) is 48.4 Å². The molecule has 0 radical (unpaired) electrons. The first kappa shape index (κ1) is 53.0. The van der Waals surface area contributed by atoms with Gasteiger partial charge in [-0.25, -0.2) is 0 Å². The SMILES string of the molecule is C#CC[C@H](CC(=O)[C@H](C)NC(=O)[C@H](C)N)C(=O)N[C@@H](C)C(=O)C[C@@H](C)C(=O)N[C@@H](CC#C)C(=O)C[C@@H](C)C(=O)N[C@@H](CCCCN)C(=O)C[C@@H](CO)C(=O)NC(C)C. The van der Waals surface area contributed by atoms with Crippen molar-refractivity contribution in [1.29, 1.82) is 0 Å². The van der Waals surface area contributed by atoms with Crippen LogP contribution in [0.2, 0.25) is 0 Å². The van der Waals surface area contributed by atoms with E-state index in [-0.39, 0.29) is 51.0 Å². The summed E-state index contributed by atoms with van der Waals surface area (Å²) in [6.07, 6.45) is 10.5. The number of amides is 5. The number of hydrogen-bond acceptors (Lipinski definition) is 12. The summed E-state index contributed by atoms with van der Waals surface area (Å²) in [5, 5.41) is 22.6. The molecule has 58 heavy (non-hydrogen) atoms. The van der Waals surface area contributed by atoms with Crippen LogP contribution in [-0.4, -0.2) is 107 Å². The van der Waals surface area contributed by atoms with E-state index in [0.29, 0.717) is 19.4 Å². The summed E-state index contributed by atoms with van der Waals surface area (Å²) < 4.78 is 0. The quantitative estimate of drug-likeness (QED) is 0.0345. The molecule has 9 atom stereocenters. The summed E-state index contributed by atoms with van der Waals surface area (Å²) >= 11 is 0. The molecule has 0 saturated carbocycles. The van der Waals surface area contributed by atoms with E-state index < -0.39 is 113 Å². The molecule has 17 heteroatoms. The van der Waals surface area contributed by atoms with E-state index in [4.69, 9.17) is 24.3 Å². The fourth-order valence-corrected chi connectivity index (χ4v) is 5.59. The van der Waals surface area contributed by atoms with Gasteiger partial charge in [-0.3, -0.25) is 43.2 Å². The minimum atomic E-state index is -1.20. The Balaban J connectivity index is 5.51. The fraction of sp³-hybridized carbons (Fsp3) is 0.683. The van der Waals surface area contributed by atoms with Crippen LogP contribution >= 0.6 is 0 Å². The zero-order chi connectivity index (χ0) is 44.7. The maximum absolute atomic E-state index is 13.3. The van der Waals surface area contributed by atoms with E-state index in [1.54, 1.807) is 13.8 Å². The Kier molecular flexibility index (Phi) is 25.3. The van der Waals surface area contributed by atoms with Crippen molar-refractivity contribution in [3.63, 3.8) is 0 Å². The van der Waals surface area contributed by atoms with Crippen molar-refractivity contribution in [2.75, 3.05) is 13.2 Å². The minimum Gasteiger partial charge on any atom is -0.396 e. The first-order valence-electron chi connectivity index (χ1n) is 19.7. The zero-order valence-corrected chi connectivity index (χ0v) is 35.0. The summed E-state index contributed by atoms with van der Waals surface area (Å²) in [5.74, 6) is -4.29. The highest BCUT2D eigenvalue weighted by molar-refractivity contribution is 5.98. The number of nitrogens with two attached hydrogens (primary N) is 2. The summed E-state index contributed by atoms with van der Waals surface area (Å²) in [4.78, 5) is 116. The van der Waals surface area contributed by atoms with Gasteiger partial charge in [-0.05, 0) is 60.4 Å². The van der Waals surface area contributed by atoms with Gasteiger partial charge in [0.05, 0.1) is 48.7 Å². The number of unbranched alkanes of at least 4 members (excludes halogenated alkanes) is 1. The molecule has 324 valence electrons. The lowest BCUT2D eigenvalue weighted by Gasteiger charge is -2.24. The standard InChI is InChI=1S/C41H65N7O10/c1-10-14-29(20-34(51)28(9)45-39(56)26(7)43)40(57)46-27(8)33(50)18-24(5)37(54)47-31(15-11-2)35(52)19-25(6)38(55)48-32(16-12-13-17-42)36(53)21-30(22-49)41(58)44-23(3)4/h1-2,23-32,49H,12-22,42-43H2,3-9H3,(H,44,58)(H,45,56)(H,46,57)(H,47,54)(H,48,55)/t24-,25-,26+,27+,28+,29-,30+,31+,32+/m1/s1. The summed E-state index contributed by atoms with van der Waals surface area (Å²) in [6.45, 7) is 10.5. The van der Waals surface area contributed by atoms with Gasteiger partial charge >= 0.3 is 0 Å². The molecule has 0 spiro atoms. The number of nitrogens with one attached hydrogen (secondary N) is 5. The van der Waals surface area contributed by atoms with Crippen LogP contribution in [0.4, 0.5) is 0 Å². The van der Waals surface area contributed by atoms with Gasteiger partial charge < -0.3 is 43.2 Å². The molecule has 0 aliphatic rings. The molecule has 0 fully saturated rings. The van der Waals surface area contributed by atoms with E-state index in [9.17, 15) is 48.3 Å². The van der Waals surface area contributed by atoms with Gasteiger partial charge in [-0.15, -0.1) is 24.7 Å². The van der Waals surface area contributed by atoms with E-state index >= 15 is 0 Å². The van der Waals surface area contributed by atoms with Gasteiger partial charge in [0.25, 0.3) is 0 Å². The van der Waals surface area contributed by atoms with Gasteiger partial charge in [0.15, 0.2) is 23.1 Å². The molecule has 0 heterocycles. The average Bonchev–Trinajstić information content (AvgIpc) is 3.15. The predicted molar refractivity (Wildman–Crippen MR) is 217 cm³/mol. The van der Waals surface area contributed by atoms with Crippen molar-refractivity contribution < 1.29 is 48.3 Å². The largest absolute Gasteiger partial charge is 0.396 e. The van der Waals surface area contributed by atoms with Crippen LogP contribution in [0.5, 0.6) is 0 Å². The van der Waals surface area contributed by atoms with Crippen molar-refractivity contribution in [2.24, 2.45) is 35.1 Å². The second-order valence-corrected chi connectivity index (χ2v) is 15.2. The fourth-order valence-electron chi connectivity index (χ4n) is 5.59. The van der Waals surface area contributed by atoms with Gasteiger partial charge in [0.2, 0.25) is 29.5 Å². The Hall–Kier alpha value is -4.97. The molecule has 0 aliphatic carbocycles. The monoisotopic (exact) mass is 815 g/mol. The molecule has 10 N–H and O–H groups in total. The number of aliphatic hydroxyl groups excluding tert-OH is 1. The van der Waals surface area contributed by atoms with Crippen molar-refractivity contribution in [2.45, 2.75) is 143 Å². The first-order valence-corrected chi connectivity index (χ1v) is 19.7. The highest BCUT2D eigenvalue weighted by Gasteiger charge is 2.32. The molecule has 5 amide bonds. The Morgan fingerprint density at radius 1 is 0.552 bits per heavy atom. The Morgan fingerprint density at radius 2 is 1.00 bits per heavy atom. The first-order chi connectivity index (χ1) is 27.1. The van der Waals surface area contributed by atoms with Gasteiger partial charge in [-0.1, -0.05) is 13.8 Å². The number of rotatable bonds is 29. The number of carbonyl (C=O) groups excluding carboxylic acids is 9. The number of hydrogen-bond donors (Lipinski definition) is 8. The predicted octanol–water partition coefficient (Wildman–Crippen LogP) is -0.653. The molecule has 17 nitrogen and oxygen atoms in total. The van der Waals surface area contributed by atoms with Gasteiger partial charge in [0, 0.05) is 56.4 Å². The third-order valence-corrected chi connectivity index (χ3v) is 9.34. The molecule has 0 unspecified atom stereocenters. The van der Waals surface area contributed by atoms with Crippen LogP contribution in [0.1, 0.15) is 106 Å². The number of ketones is 4. The molecule has 0 aliphatic heterocycles. The third kappa shape index (κ3) is 19.9. The molecule has 0 rings (SSSR count). The molecule has 0 aromatic rings. The number of Topliss-reactive ketones (excluding diaryl/α,β-unsaturated/α-hetero) is 4. The average molecular weight is 816 g/mol. The molecule has 0 saturated heterocycles. The number of aliphatic hydroxyl groups is 1. The maximum Gasteiger partial charge on any atom is 0.237 e. The Morgan fingerprint density at radius 3 is 1.48 bits per heavy atom. The molecule has 0 bridgehead atoms. The van der Waals surface area contributed by atoms with Crippen LogP contribution in [0.3, 0.4) is 0 Å². The van der Waals surface area contributed by atoms with Crippen molar-refractivity contribution in [3.8, 4) is 24.7 Å². The maximum atomic E-state index is 13.3. The molecule has 0 aromatic heterocycles. The second-order valence-electron chi connectivity index (χ2n) is 15.2. The van der Waals surface area contributed by atoms with Crippen molar-refractivity contribution in [1.82, 2.24) is 26.6 Å². The lowest BCUT2D eigenvalue weighted by atomic mass is 9.93. The Labute approximate surface area is 342 Å². The molecular formula is C41H65N7O10. The lowest BCUT2D eigenvalue weighted by Crippen LogP contribution is -2.48. The van der Waals surface area contributed by atoms with Crippen molar-refractivity contribution in [3.05, 3.63) is 0 Å². The van der Waals surface area contributed by atoms with Crippen molar-refractivity contribution >= 4 is 52.7 Å². The highest BCUT2D eigenvalue weighted by atomic mass is 16.3. The second kappa shape index (κ2) is 27.6. The number of terminal acetylenes is 2. The summed E-state index contributed by atoms with van der Waals surface area (Å²) in [7, 11) is 0. The highest BCUT2D eigenvalue weighted by Crippen LogP contribution is 2.16. The van der Waals surface area contributed by atoms with E-state index in [1.165, 1.54) is 34.6 Å². The third-order valence-electron chi connectivity index (χ3n) is 9.34. The van der Waals surface area contributed by atoms with Crippen LogP contribution < -0.4 is 38.1 Å². The van der Waals surface area contributed by atoms with Gasteiger partial charge in [0.1, 0.15) is 0 Å². The zero-order valence-electron chi connectivity index (χ0n) is 35.0. The normalized spacial score (nSPS) is 15.6. The van der Waals surface area contributed by atoms with Gasteiger partial charge in [-0.2, -0.15) is 0 Å². The Bertz CT molecular complexity index is 1530. The van der Waals surface area contributed by atoms with Crippen LogP contribution in [-0.2, 0) is 43.2 Å². The molecular weight excluding hydrogens is 750 g/mol. The van der Waals surface area contributed by atoms with E-state index in [2.05, 4.69) is 38.4 Å². The van der Waals surface area contributed by atoms with E-state index in [0.717, 1.165) is 0 Å². The summed E-state index contributed by atoms with van der Waals surface area (Å²) in [5.41, 5.74) is 11.1. The molecule has 0 aromatic carbocycles. The minimum absolute atomic E-state index is 0.118. The lowest BCUT2D eigenvalue weighted by molar-refractivity contribution is -0.135. The van der Waals surface area contributed by atoms with Crippen LogP contribution in [0.25, 0.3) is 0 Å². The smallest absolute Gasteiger partial charge is 0.237 e. The topological polar surface area (TPSA) is 286 Å². The van der Waals surface area contributed by atoms with Crippen LogP contribution in [0.15, 0.2) is 0 Å². The summed E-state index contributed by atoms with van der Waals surface area (Å²) in [6, 6.07) is -5.26.